The number of nitrogens with zero attached hydrogens (tertiary/aromatic N) is 2. The number of rotatable bonds is 5. The van der Waals surface area contributed by atoms with E-state index in [4.69, 9.17) is 11.6 Å². The maximum Gasteiger partial charge on any atom is 0.329 e. The van der Waals surface area contributed by atoms with E-state index < -0.39 is 11.5 Å². The van der Waals surface area contributed by atoms with Crippen LogP contribution in [0.3, 0.4) is 0 Å². The largest absolute Gasteiger partial charge is 0.479 e. The van der Waals surface area contributed by atoms with E-state index in [2.05, 4.69) is 0 Å². The van der Waals surface area contributed by atoms with Gasteiger partial charge in [-0.05, 0) is 31.7 Å². The molecule has 1 amide bonds. The molecule has 1 aromatic heterocycles. The molecule has 0 bridgehead atoms. The second-order valence-corrected chi connectivity index (χ2v) is 5.92. The number of aryl methyl sites for hydroxylation is 1. The molecule has 1 fully saturated rings. The van der Waals surface area contributed by atoms with Crippen molar-refractivity contribution in [2.75, 3.05) is 6.54 Å². The van der Waals surface area contributed by atoms with E-state index in [0.717, 1.165) is 6.42 Å². The fourth-order valence-electron chi connectivity index (χ4n) is 3.13. The molecule has 0 aliphatic carbocycles. The maximum atomic E-state index is 12.8. The molecule has 1 atom stereocenters. The number of aliphatic carboxylic acids is 1. The molecule has 1 aliphatic heterocycles. The molecule has 0 radical (unpaired) electrons. The van der Waals surface area contributed by atoms with Gasteiger partial charge < -0.3 is 14.6 Å². The quantitative estimate of drug-likeness (QED) is 0.909. The van der Waals surface area contributed by atoms with Gasteiger partial charge in [-0.15, -0.1) is 0 Å². The molecule has 116 valence electrons. The molecular formula is C15H21ClN2O3. The highest BCUT2D eigenvalue weighted by Crippen LogP contribution is 2.34. The predicted octanol–water partition coefficient (Wildman–Crippen LogP) is 3.02. The van der Waals surface area contributed by atoms with Crippen LogP contribution in [0.2, 0.25) is 5.02 Å². The van der Waals surface area contributed by atoms with Crippen LogP contribution in [0, 0.1) is 0 Å². The number of hydrogen-bond donors (Lipinski definition) is 1. The molecule has 1 unspecified atom stereocenters. The van der Waals surface area contributed by atoms with Crippen LogP contribution in [-0.4, -0.2) is 38.5 Å². The summed E-state index contributed by atoms with van der Waals surface area (Å²) in [6.45, 7) is 5.01. The first-order valence-electron chi connectivity index (χ1n) is 7.37. The Labute approximate surface area is 129 Å². The number of likely N-dealkylation sites (tertiary alicyclic amines) is 1. The smallest absolute Gasteiger partial charge is 0.329 e. The van der Waals surface area contributed by atoms with Gasteiger partial charge in [0.1, 0.15) is 11.2 Å². The molecule has 0 saturated carbocycles. The van der Waals surface area contributed by atoms with Gasteiger partial charge in [-0.2, -0.15) is 0 Å². The minimum Gasteiger partial charge on any atom is -0.479 e. The summed E-state index contributed by atoms with van der Waals surface area (Å²) in [6, 6.07) is 1.63. The predicted molar refractivity (Wildman–Crippen MR) is 80.7 cm³/mol. The highest BCUT2D eigenvalue weighted by Gasteiger charge is 2.49. The molecule has 6 heteroatoms. The molecule has 1 N–H and O–H groups in total. The van der Waals surface area contributed by atoms with E-state index >= 15 is 0 Å². The van der Waals surface area contributed by atoms with Crippen LogP contribution in [-0.2, 0) is 11.3 Å². The Morgan fingerprint density at radius 1 is 1.43 bits per heavy atom. The summed E-state index contributed by atoms with van der Waals surface area (Å²) in [7, 11) is 0. The zero-order valence-electron chi connectivity index (χ0n) is 12.4. The monoisotopic (exact) mass is 312 g/mol. The molecule has 5 nitrogen and oxygen atoms in total. The third-order valence-corrected chi connectivity index (χ3v) is 4.47. The minimum atomic E-state index is -1.08. The van der Waals surface area contributed by atoms with Gasteiger partial charge in [-0.3, -0.25) is 4.79 Å². The fourth-order valence-corrected chi connectivity index (χ4v) is 3.35. The molecule has 2 rings (SSSR count). The van der Waals surface area contributed by atoms with Gasteiger partial charge >= 0.3 is 5.97 Å². The average Bonchev–Trinajstić information content (AvgIpc) is 3.02. The average molecular weight is 313 g/mol. The van der Waals surface area contributed by atoms with Gasteiger partial charge in [0.15, 0.2) is 0 Å². The van der Waals surface area contributed by atoms with Gasteiger partial charge in [0.2, 0.25) is 0 Å². The highest BCUT2D eigenvalue weighted by atomic mass is 35.5. The normalized spacial score (nSPS) is 21.8. The highest BCUT2D eigenvalue weighted by molar-refractivity contribution is 6.31. The number of carboxylic acid groups (broad SMARTS) is 1. The molecule has 0 spiro atoms. The zero-order valence-corrected chi connectivity index (χ0v) is 13.2. The van der Waals surface area contributed by atoms with E-state index in [-0.39, 0.29) is 5.91 Å². The zero-order chi connectivity index (χ0) is 15.6. The molecule has 0 aromatic carbocycles. The second-order valence-electron chi connectivity index (χ2n) is 5.49. The molecule has 1 saturated heterocycles. The lowest BCUT2D eigenvalue weighted by Crippen LogP contribution is -2.53. The Morgan fingerprint density at radius 2 is 2.14 bits per heavy atom. The Hall–Kier alpha value is -1.49. The fraction of sp³-hybridized carbons (Fsp3) is 0.600. The summed E-state index contributed by atoms with van der Waals surface area (Å²) in [5.41, 5.74) is -0.604. The number of carbonyl (C=O) groups is 2. The van der Waals surface area contributed by atoms with Crippen molar-refractivity contribution in [1.82, 2.24) is 9.47 Å². The maximum absolute atomic E-state index is 12.8. The lowest BCUT2D eigenvalue weighted by atomic mass is 9.93. The molecule has 1 aliphatic rings. The van der Waals surface area contributed by atoms with Gasteiger partial charge in [0.05, 0.1) is 5.02 Å². The summed E-state index contributed by atoms with van der Waals surface area (Å²) in [5.74, 6) is -1.16. The van der Waals surface area contributed by atoms with Crippen LogP contribution in [0.1, 0.15) is 50.0 Å². The molecule has 2 heterocycles. The Morgan fingerprint density at radius 3 is 2.71 bits per heavy atom. The van der Waals surface area contributed by atoms with Crippen molar-refractivity contribution in [3.63, 3.8) is 0 Å². The number of carbonyl (C=O) groups excluding carboxylic acids is 1. The van der Waals surface area contributed by atoms with Crippen molar-refractivity contribution >= 4 is 23.5 Å². The van der Waals surface area contributed by atoms with Crippen molar-refractivity contribution in [3.05, 3.63) is 23.0 Å². The Bertz CT molecular complexity index is 555. The minimum absolute atomic E-state index is 0.239. The lowest BCUT2D eigenvalue weighted by molar-refractivity contribution is -0.148. The van der Waals surface area contributed by atoms with Crippen molar-refractivity contribution in [2.24, 2.45) is 0 Å². The van der Waals surface area contributed by atoms with Crippen LogP contribution in [0.15, 0.2) is 12.3 Å². The van der Waals surface area contributed by atoms with Crippen molar-refractivity contribution in [3.8, 4) is 0 Å². The number of amides is 1. The first kappa shape index (κ1) is 15.9. The van der Waals surface area contributed by atoms with Crippen LogP contribution in [0.25, 0.3) is 0 Å². The van der Waals surface area contributed by atoms with Crippen LogP contribution >= 0.6 is 11.6 Å². The van der Waals surface area contributed by atoms with Crippen molar-refractivity contribution in [2.45, 2.75) is 51.6 Å². The topological polar surface area (TPSA) is 62.5 Å². The van der Waals surface area contributed by atoms with E-state index in [9.17, 15) is 14.7 Å². The Kier molecular flexibility index (Phi) is 4.61. The van der Waals surface area contributed by atoms with E-state index in [1.54, 1.807) is 12.3 Å². The lowest BCUT2D eigenvalue weighted by Gasteiger charge is -2.34. The Balaban J connectivity index is 2.37. The number of carboxylic acids is 1. The van der Waals surface area contributed by atoms with Crippen LogP contribution < -0.4 is 0 Å². The van der Waals surface area contributed by atoms with Gasteiger partial charge in [-0.25, -0.2) is 4.79 Å². The summed E-state index contributed by atoms with van der Waals surface area (Å²) in [4.78, 5) is 26.0. The first-order chi connectivity index (χ1) is 9.96. The van der Waals surface area contributed by atoms with Crippen molar-refractivity contribution in [1.29, 1.82) is 0 Å². The molecular weight excluding hydrogens is 292 g/mol. The number of hydrogen-bond acceptors (Lipinski definition) is 2. The standard InChI is InChI=1S/C15H21ClN2O3/c1-3-7-17-10-11(16)9-12(17)13(19)18-8-5-6-15(18,4-2)14(20)21/h9-10H,3-8H2,1-2H3,(H,20,21). The van der Waals surface area contributed by atoms with E-state index in [0.29, 0.717) is 43.1 Å². The third kappa shape index (κ3) is 2.67. The van der Waals surface area contributed by atoms with E-state index in [1.807, 2.05) is 18.4 Å². The summed E-state index contributed by atoms with van der Waals surface area (Å²) >= 11 is 6.01. The van der Waals surface area contributed by atoms with E-state index in [1.165, 1.54) is 4.90 Å². The van der Waals surface area contributed by atoms with Crippen LogP contribution in [0.4, 0.5) is 0 Å². The number of aromatic nitrogens is 1. The van der Waals surface area contributed by atoms with Gasteiger partial charge in [0.25, 0.3) is 5.91 Å². The summed E-state index contributed by atoms with van der Waals surface area (Å²) < 4.78 is 1.81. The molecule has 21 heavy (non-hydrogen) atoms. The SMILES string of the molecule is CCCn1cc(Cl)cc1C(=O)N1CCCC1(CC)C(=O)O. The molecule has 1 aromatic rings. The van der Waals surface area contributed by atoms with Crippen LogP contribution in [0.5, 0.6) is 0 Å². The second kappa shape index (κ2) is 6.10. The summed E-state index contributed by atoms with van der Waals surface area (Å²) in [6.07, 6.45) is 4.24. The third-order valence-electron chi connectivity index (χ3n) is 4.26. The summed E-state index contributed by atoms with van der Waals surface area (Å²) in [5, 5.41) is 10.1. The van der Waals surface area contributed by atoms with Crippen molar-refractivity contribution < 1.29 is 14.7 Å². The van der Waals surface area contributed by atoms with Gasteiger partial charge in [-0.1, -0.05) is 25.4 Å². The first-order valence-corrected chi connectivity index (χ1v) is 7.75. The number of halogens is 1. The van der Waals surface area contributed by atoms with Gasteiger partial charge in [0, 0.05) is 19.3 Å².